The molecule has 0 aliphatic rings. The predicted octanol–water partition coefficient (Wildman–Crippen LogP) is 1.76. The van der Waals surface area contributed by atoms with E-state index in [2.05, 4.69) is 10.3 Å². The van der Waals surface area contributed by atoms with Gasteiger partial charge in [-0.15, -0.1) is 0 Å². The van der Waals surface area contributed by atoms with Gasteiger partial charge < -0.3 is 15.5 Å². The van der Waals surface area contributed by atoms with E-state index in [0.717, 1.165) is 17.7 Å². The largest absolute Gasteiger partial charge is 0.468 e. The highest BCUT2D eigenvalue weighted by Gasteiger charge is 2.12. The number of nitrogens with two attached hydrogens (primary N) is 1. The Morgan fingerprint density at radius 1 is 1.50 bits per heavy atom. The predicted molar refractivity (Wildman–Crippen MR) is 62.9 cm³/mol. The van der Waals surface area contributed by atoms with Gasteiger partial charge in [0.2, 0.25) is 0 Å². The third kappa shape index (κ3) is 2.41. The standard InChI is InChI=1S/C12H15N3O/c1-14-10(11-3-2-6-16-11)7-9-4-5-15-12(13)8-9/h2-6,8,10,14H,7H2,1H3,(H2,13,15). The summed E-state index contributed by atoms with van der Waals surface area (Å²) in [7, 11) is 1.91. The molecule has 0 saturated carbocycles. The van der Waals surface area contributed by atoms with E-state index < -0.39 is 0 Å². The summed E-state index contributed by atoms with van der Waals surface area (Å²) in [6.07, 6.45) is 4.23. The van der Waals surface area contributed by atoms with Gasteiger partial charge in [-0.05, 0) is 43.3 Å². The molecule has 84 valence electrons. The molecule has 16 heavy (non-hydrogen) atoms. The summed E-state index contributed by atoms with van der Waals surface area (Å²) in [5, 5.41) is 3.22. The van der Waals surface area contributed by atoms with Crippen molar-refractivity contribution in [3.8, 4) is 0 Å². The Morgan fingerprint density at radius 2 is 2.38 bits per heavy atom. The molecule has 0 radical (unpaired) electrons. The van der Waals surface area contributed by atoms with Crippen LogP contribution in [0.2, 0.25) is 0 Å². The molecule has 0 aromatic carbocycles. The van der Waals surface area contributed by atoms with Gasteiger partial charge in [0.15, 0.2) is 0 Å². The van der Waals surface area contributed by atoms with Crippen molar-refractivity contribution in [1.82, 2.24) is 10.3 Å². The van der Waals surface area contributed by atoms with Gasteiger partial charge in [-0.25, -0.2) is 4.98 Å². The van der Waals surface area contributed by atoms with Crippen molar-refractivity contribution in [2.24, 2.45) is 0 Å². The Bertz CT molecular complexity index is 439. The van der Waals surface area contributed by atoms with Crippen LogP contribution in [0.5, 0.6) is 0 Å². The van der Waals surface area contributed by atoms with Crippen molar-refractivity contribution in [3.05, 3.63) is 48.0 Å². The molecule has 3 N–H and O–H groups in total. The highest BCUT2D eigenvalue weighted by Crippen LogP contribution is 2.18. The average molecular weight is 217 g/mol. The maximum absolute atomic E-state index is 5.64. The summed E-state index contributed by atoms with van der Waals surface area (Å²) in [6, 6.07) is 7.86. The molecular formula is C12H15N3O. The Labute approximate surface area is 94.5 Å². The summed E-state index contributed by atoms with van der Waals surface area (Å²) in [5.41, 5.74) is 6.78. The van der Waals surface area contributed by atoms with Crippen LogP contribution in [0.25, 0.3) is 0 Å². The molecule has 0 bridgehead atoms. The van der Waals surface area contributed by atoms with Gasteiger partial charge in [-0.2, -0.15) is 0 Å². The number of anilines is 1. The van der Waals surface area contributed by atoms with Crippen LogP contribution in [0.1, 0.15) is 17.4 Å². The average Bonchev–Trinajstić information content (AvgIpc) is 2.79. The molecule has 0 fully saturated rings. The van der Waals surface area contributed by atoms with Gasteiger partial charge in [0.05, 0.1) is 12.3 Å². The smallest absolute Gasteiger partial charge is 0.123 e. The minimum Gasteiger partial charge on any atom is -0.468 e. The fourth-order valence-corrected chi connectivity index (χ4v) is 1.69. The number of pyridine rings is 1. The Morgan fingerprint density at radius 3 is 3.00 bits per heavy atom. The van der Waals surface area contributed by atoms with E-state index in [1.807, 2.05) is 31.3 Å². The molecule has 2 rings (SSSR count). The van der Waals surface area contributed by atoms with Gasteiger partial charge in [-0.1, -0.05) is 0 Å². The SMILES string of the molecule is CNC(Cc1ccnc(N)c1)c1ccco1. The lowest BCUT2D eigenvalue weighted by Gasteiger charge is -2.13. The Hall–Kier alpha value is -1.81. The number of likely N-dealkylation sites (N-methyl/N-ethyl adjacent to an activating group) is 1. The molecule has 0 saturated heterocycles. The normalized spacial score (nSPS) is 12.6. The van der Waals surface area contributed by atoms with Crippen molar-refractivity contribution >= 4 is 5.82 Å². The van der Waals surface area contributed by atoms with Gasteiger partial charge in [0, 0.05) is 6.20 Å². The molecule has 0 spiro atoms. The zero-order chi connectivity index (χ0) is 11.4. The first-order chi connectivity index (χ1) is 7.79. The number of rotatable bonds is 4. The number of hydrogen-bond acceptors (Lipinski definition) is 4. The molecule has 1 atom stereocenters. The van der Waals surface area contributed by atoms with Crippen LogP contribution in [0.3, 0.4) is 0 Å². The molecule has 2 aromatic heterocycles. The first-order valence-electron chi connectivity index (χ1n) is 5.20. The van der Waals surface area contributed by atoms with Crippen molar-refractivity contribution in [2.45, 2.75) is 12.5 Å². The van der Waals surface area contributed by atoms with Crippen LogP contribution in [-0.4, -0.2) is 12.0 Å². The molecule has 0 aliphatic heterocycles. The fourth-order valence-electron chi connectivity index (χ4n) is 1.69. The maximum Gasteiger partial charge on any atom is 0.123 e. The van der Waals surface area contributed by atoms with E-state index >= 15 is 0 Å². The van der Waals surface area contributed by atoms with E-state index in [1.165, 1.54) is 0 Å². The van der Waals surface area contributed by atoms with E-state index in [4.69, 9.17) is 10.2 Å². The van der Waals surface area contributed by atoms with E-state index in [-0.39, 0.29) is 6.04 Å². The first-order valence-corrected chi connectivity index (χ1v) is 5.20. The Balaban J connectivity index is 2.13. The summed E-state index contributed by atoms with van der Waals surface area (Å²) < 4.78 is 5.38. The second-order valence-corrected chi connectivity index (χ2v) is 3.65. The summed E-state index contributed by atoms with van der Waals surface area (Å²) >= 11 is 0. The molecule has 2 heterocycles. The number of nitrogen functional groups attached to an aromatic ring is 1. The van der Waals surface area contributed by atoms with Crippen molar-refractivity contribution < 1.29 is 4.42 Å². The van der Waals surface area contributed by atoms with Crippen LogP contribution in [0.15, 0.2) is 41.1 Å². The fraction of sp³-hybridized carbons (Fsp3) is 0.250. The van der Waals surface area contributed by atoms with E-state index in [0.29, 0.717) is 5.82 Å². The number of nitrogens with one attached hydrogen (secondary N) is 1. The lowest BCUT2D eigenvalue weighted by molar-refractivity contribution is 0.429. The van der Waals surface area contributed by atoms with Gasteiger partial charge in [0.1, 0.15) is 11.6 Å². The number of furan rings is 1. The second kappa shape index (κ2) is 4.81. The second-order valence-electron chi connectivity index (χ2n) is 3.65. The summed E-state index contributed by atoms with van der Waals surface area (Å²) in [6.45, 7) is 0. The maximum atomic E-state index is 5.64. The molecule has 2 aromatic rings. The van der Waals surface area contributed by atoms with Crippen LogP contribution in [0.4, 0.5) is 5.82 Å². The van der Waals surface area contributed by atoms with Gasteiger partial charge >= 0.3 is 0 Å². The van der Waals surface area contributed by atoms with Gasteiger partial charge in [-0.3, -0.25) is 0 Å². The molecular weight excluding hydrogens is 202 g/mol. The topological polar surface area (TPSA) is 64.1 Å². The molecule has 0 amide bonds. The number of nitrogens with zero attached hydrogens (tertiary/aromatic N) is 1. The lowest BCUT2D eigenvalue weighted by atomic mass is 10.1. The van der Waals surface area contributed by atoms with Crippen molar-refractivity contribution in [3.63, 3.8) is 0 Å². The summed E-state index contributed by atoms with van der Waals surface area (Å²) in [5.74, 6) is 1.48. The van der Waals surface area contributed by atoms with Crippen LogP contribution in [0, 0.1) is 0 Å². The quantitative estimate of drug-likeness (QED) is 0.819. The van der Waals surface area contributed by atoms with Crippen LogP contribution < -0.4 is 11.1 Å². The lowest BCUT2D eigenvalue weighted by Crippen LogP contribution is -2.18. The van der Waals surface area contributed by atoms with Crippen molar-refractivity contribution in [1.29, 1.82) is 0 Å². The monoisotopic (exact) mass is 217 g/mol. The molecule has 4 nitrogen and oxygen atoms in total. The highest BCUT2D eigenvalue weighted by atomic mass is 16.3. The van der Waals surface area contributed by atoms with E-state index in [9.17, 15) is 0 Å². The minimum absolute atomic E-state index is 0.164. The highest BCUT2D eigenvalue weighted by molar-refractivity contribution is 5.32. The molecule has 1 unspecified atom stereocenters. The van der Waals surface area contributed by atoms with Crippen LogP contribution in [-0.2, 0) is 6.42 Å². The van der Waals surface area contributed by atoms with E-state index in [1.54, 1.807) is 12.5 Å². The van der Waals surface area contributed by atoms with Crippen molar-refractivity contribution in [2.75, 3.05) is 12.8 Å². The number of hydrogen-bond donors (Lipinski definition) is 2. The Kier molecular flexibility index (Phi) is 3.22. The van der Waals surface area contributed by atoms with Gasteiger partial charge in [0.25, 0.3) is 0 Å². The summed E-state index contributed by atoms with van der Waals surface area (Å²) in [4.78, 5) is 3.97. The zero-order valence-electron chi connectivity index (χ0n) is 9.18. The number of aromatic nitrogens is 1. The third-order valence-electron chi connectivity index (χ3n) is 2.52. The first kappa shape index (κ1) is 10.7. The third-order valence-corrected chi connectivity index (χ3v) is 2.52. The molecule has 0 aliphatic carbocycles. The zero-order valence-corrected chi connectivity index (χ0v) is 9.18. The van der Waals surface area contributed by atoms with Crippen LogP contribution >= 0.6 is 0 Å². The minimum atomic E-state index is 0.164. The molecule has 4 heteroatoms.